The van der Waals surface area contributed by atoms with E-state index in [1.165, 1.54) is 0 Å². The van der Waals surface area contributed by atoms with E-state index in [-0.39, 0.29) is 0 Å². The molecule has 0 N–H and O–H groups in total. The third-order valence-corrected chi connectivity index (χ3v) is 4.01. The molecule has 0 aliphatic heterocycles. The molecule has 2 nitrogen and oxygen atoms in total. The zero-order valence-electron chi connectivity index (χ0n) is 11.4. The summed E-state index contributed by atoms with van der Waals surface area (Å²) in [4.78, 5) is 4.73. The molecule has 2 aromatic carbocycles. The van der Waals surface area contributed by atoms with Crippen molar-refractivity contribution in [1.82, 2.24) is 9.55 Å². The van der Waals surface area contributed by atoms with Crippen molar-refractivity contribution in [2.75, 3.05) is 5.88 Å². The van der Waals surface area contributed by atoms with Crippen LogP contribution in [0.4, 0.5) is 0 Å². The molecule has 0 bridgehead atoms. The van der Waals surface area contributed by atoms with Gasteiger partial charge in [0.2, 0.25) is 0 Å². The van der Waals surface area contributed by atoms with E-state index in [9.17, 15) is 0 Å². The average molecular weight is 340 g/mol. The van der Waals surface area contributed by atoms with Gasteiger partial charge < -0.3 is 0 Å². The van der Waals surface area contributed by atoms with Crippen molar-refractivity contribution in [3.8, 4) is 5.69 Å². The van der Waals surface area contributed by atoms with Gasteiger partial charge in [0.15, 0.2) is 0 Å². The first-order chi connectivity index (χ1) is 10.1. The minimum absolute atomic E-state index is 0.511. The Balaban J connectivity index is 2.33. The van der Waals surface area contributed by atoms with Crippen molar-refractivity contribution in [1.29, 1.82) is 0 Å². The highest BCUT2D eigenvalue weighted by atomic mass is 35.5. The summed E-state index contributed by atoms with van der Waals surface area (Å²) < 4.78 is 2.07. The molecule has 0 radical (unpaired) electrons. The number of aryl methyl sites for hydroxylation is 2. The Hall–Kier alpha value is -1.22. The Labute approximate surface area is 138 Å². The summed E-state index contributed by atoms with van der Waals surface area (Å²) in [5.41, 5.74) is 4.05. The van der Waals surface area contributed by atoms with Crippen LogP contribution in [0, 0.1) is 6.92 Å². The normalized spacial score (nSPS) is 11.2. The van der Waals surface area contributed by atoms with Gasteiger partial charge in [-0.1, -0.05) is 35.3 Å². The fourth-order valence-electron chi connectivity index (χ4n) is 2.50. The largest absolute Gasteiger partial charge is 0.296 e. The summed E-state index contributed by atoms with van der Waals surface area (Å²) >= 11 is 18.2. The van der Waals surface area contributed by atoms with E-state index in [4.69, 9.17) is 39.8 Å². The lowest BCUT2D eigenvalue weighted by Crippen LogP contribution is -2.02. The molecule has 1 heterocycles. The molecular weight excluding hydrogens is 327 g/mol. The van der Waals surface area contributed by atoms with Gasteiger partial charge >= 0.3 is 0 Å². The van der Waals surface area contributed by atoms with Gasteiger partial charge in [-0.2, -0.15) is 0 Å². The molecule has 1 aromatic heterocycles. The number of para-hydroxylation sites is 1. The number of hydrogen-bond donors (Lipinski definition) is 0. The van der Waals surface area contributed by atoms with Gasteiger partial charge in [-0.25, -0.2) is 4.98 Å². The fraction of sp³-hybridized carbons (Fsp3) is 0.188. The van der Waals surface area contributed by atoms with Crippen molar-refractivity contribution >= 4 is 45.8 Å². The van der Waals surface area contributed by atoms with Crippen molar-refractivity contribution in [3.05, 3.63) is 57.8 Å². The third kappa shape index (κ3) is 2.76. The Morgan fingerprint density at radius 2 is 1.81 bits per heavy atom. The number of aromatic nitrogens is 2. The Morgan fingerprint density at radius 3 is 2.48 bits per heavy atom. The van der Waals surface area contributed by atoms with Crippen molar-refractivity contribution in [3.63, 3.8) is 0 Å². The number of hydrogen-bond acceptors (Lipinski definition) is 1. The Kier molecular flexibility index (Phi) is 4.12. The average Bonchev–Trinajstić information content (AvgIpc) is 2.78. The second kappa shape index (κ2) is 5.88. The molecule has 21 heavy (non-hydrogen) atoms. The summed E-state index contributed by atoms with van der Waals surface area (Å²) in [6.07, 6.45) is 0.680. The lowest BCUT2D eigenvalue weighted by molar-refractivity contribution is 0.912. The second-order valence-electron chi connectivity index (χ2n) is 4.87. The first kappa shape index (κ1) is 14.7. The van der Waals surface area contributed by atoms with E-state index in [0.29, 0.717) is 22.3 Å². The minimum atomic E-state index is 0.511. The molecule has 0 spiro atoms. The van der Waals surface area contributed by atoms with Gasteiger partial charge in [-0.3, -0.25) is 4.57 Å². The quantitative estimate of drug-likeness (QED) is 0.582. The number of nitrogens with zero attached hydrogens (tertiary/aromatic N) is 2. The smallest absolute Gasteiger partial charge is 0.115 e. The van der Waals surface area contributed by atoms with E-state index >= 15 is 0 Å². The second-order valence-corrected chi connectivity index (χ2v) is 6.12. The predicted octanol–water partition coefficient (Wildman–Crippen LogP) is 5.42. The van der Waals surface area contributed by atoms with Crippen molar-refractivity contribution in [2.24, 2.45) is 0 Å². The number of rotatable bonds is 3. The molecule has 0 atom stereocenters. The van der Waals surface area contributed by atoms with E-state index in [2.05, 4.69) is 17.6 Å². The summed E-state index contributed by atoms with van der Waals surface area (Å²) in [6.45, 7) is 2.05. The van der Waals surface area contributed by atoms with Gasteiger partial charge in [0.1, 0.15) is 5.82 Å². The SMILES string of the molecule is Cc1cccc2c1nc(CCCl)n2-c1cc(Cl)cc(Cl)c1. The first-order valence-corrected chi connectivity index (χ1v) is 7.88. The molecule has 3 aromatic rings. The maximum Gasteiger partial charge on any atom is 0.115 e. The number of halogens is 3. The molecule has 0 unspecified atom stereocenters. The highest BCUT2D eigenvalue weighted by Gasteiger charge is 2.14. The molecule has 0 amide bonds. The zero-order chi connectivity index (χ0) is 15.0. The van der Waals surface area contributed by atoms with Crippen molar-refractivity contribution in [2.45, 2.75) is 13.3 Å². The molecule has 5 heteroatoms. The van der Waals surface area contributed by atoms with Crippen LogP contribution in [0.5, 0.6) is 0 Å². The van der Waals surface area contributed by atoms with E-state index < -0.39 is 0 Å². The van der Waals surface area contributed by atoms with Crippen LogP contribution in [-0.4, -0.2) is 15.4 Å². The molecular formula is C16H13Cl3N2. The van der Waals surface area contributed by atoms with Crippen LogP contribution in [0.3, 0.4) is 0 Å². The van der Waals surface area contributed by atoms with Crippen LogP contribution in [0.1, 0.15) is 11.4 Å². The monoisotopic (exact) mass is 338 g/mol. The third-order valence-electron chi connectivity index (χ3n) is 3.38. The topological polar surface area (TPSA) is 17.8 Å². The van der Waals surface area contributed by atoms with Crippen LogP contribution in [0.25, 0.3) is 16.7 Å². The summed E-state index contributed by atoms with van der Waals surface area (Å²) in [5.74, 6) is 1.42. The molecule has 0 aliphatic rings. The molecule has 0 saturated carbocycles. The maximum absolute atomic E-state index is 6.13. The van der Waals surface area contributed by atoms with Crippen LogP contribution in [0.15, 0.2) is 36.4 Å². The number of fused-ring (bicyclic) bond motifs is 1. The maximum atomic E-state index is 6.13. The van der Waals surface area contributed by atoms with Gasteiger partial charge in [0.25, 0.3) is 0 Å². The Morgan fingerprint density at radius 1 is 1.10 bits per heavy atom. The van der Waals surface area contributed by atoms with E-state index in [1.807, 2.05) is 24.3 Å². The lowest BCUT2D eigenvalue weighted by Gasteiger charge is -2.10. The van der Waals surface area contributed by atoms with Crippen LogP contribution in [0.2, 0.25) is 10.0 Å². The van der Waals surface area contributed by atoms with E-state index in [0.717, 1.165) is 28.1 Å². The van der Waals surface area contributed by atoms with Gasteiger partial charge in [-0.15, -0.1) is 11.6 Å². The van der Waals surface area contributed by atoms with Crippen LogP contribution < -0.4 is 0 Å². The predicted molar refractivity (Wildman–Crippen MR) is 90.3 cm³/mol. The van der Waals surface area contributed by atoms with Crippen molar-refractivity contribution < 1.29 is 0 Å². The number of benzene rings is 2. The molecule has 0 saturated heterocycles. The number of imidazole rings is 1. The summed E-state index contributed by atoms with van der Waals surface area (Å²) in [6, 6.07) is 11.6. The molecule has 108 valence electrons. The van der Waals surface area contributed by atoms with Gasteiger partial charge in [0.05, 0.1) is 16.7 Å². The molecule has 3 rings (SSSR count). The van der Waals surface area contributed by atoms with Gasteiger partial charge in [-0.05, 0) is 36.8 Å². The highest BCUT2D eigenvalue weighted by molar-refractivity contribution is 6.34. The Bertz CT molecular complexity index is 788. The van der Waals surface area contributed by atoms with E-state index in [1.54, 1.807) is 6.07 Å². The number of alkyl halides is 1. The summed E-state index contributed by atoms with van der Waals surface area (Å²) in [5, 5.41) is 1.20. The molecule has 0 fully saturated rings. The van der Waals surface area contributed by atoms with Gasteiger partial charge in [0, 0.05) is 22.3 Å². The summed E-state index contributed by atoms with van der Waals surface area (Å²) in [7, 11) is 0. The van der Waals surface area contributed by atoms with Crippen LogP contribution in [-0.2, 0) is 6.42 Å². The minimum Gasteiger partial charge on any atom is -0.296 e. The zero-order valence-corrected chi connectivity index (χ0v) is 13.7. The molecule has 0 aliphatic carbocycles. The lowest BCUT2D eigenvalue weighted by atomic mass is 10.2. The highest BCUT2D eigenvalue weighted by Crippen LogP contribution is 2.28. The standard InChI is InChI=1S/C16H13Cl3N2/c1-10-3-2-4-14-16(10)20-15(5-6-17)21(14)13-8-11(18)7-12(19)9-13/h2-4,7-9H,5-6H2,1H3. The van der Waals surface area contributed by atoms with Crippen LogP contribution >= 0.6 is 34.8 Å². The first-order valence-electron chi connectivity index (χ1n) is 6.59. The fourth-order valence-corrected chi connectivity index (χ4v) is 3.18.